The highest BCUT2D eigenvalue weighted by Gasteiger charge is 2.23. The monoisotopic (exact) mass is 516 g/mol. The van der Waals surface area contributed by atoms with Crippen LogP contribution in [0.5, 0.6) is 0 Å². The standard InChI is InChI=1S/C27H29FN8O2/c1-27(2,38)16-36-24-8-7-17(11-23(24)31-33-36)21-14-35(15-25(37)34-9-3-4-20(30)13-34)32-26(21)18-5-6-19(12-29)22(28)10-18/h5-8,10-11,14,20,38H,3-4,9,13,15-16,30H2,1-2H3/t20-/m1/s1. The van der Waals surface area contributed by atoms with Gasteiger partial charge in [-0.2, -0.15) is 10.4 Å². The van der Waals surface area contributed by atoms with Gasteiger partial charge in [-0.1, -0.05) is 17.3 Å². The van der Waals surface area contributed by atoms with Gasteiger partial charge >= 0.3 is 0 Å². The first-order valence-electron chi connectivity index (χ1n) is 12.5. The molecule has 1 aliphatic heterocycles. The van der Waals surface area contributed by atoms with Gasteiger partial charge in [0.2, 0.25) is 5.91 Å². The fourth-order valence-electron chi connectivity index (χ4n) is 4.78. The zero-order chi connectivity index (χ0) is 27.0. The van der Waals surface area contributed by atoms with E-state index in [0.29, 0.717) is 35.4 Å². The van der Waals surface area contributed by atoms with Crippen molar-refractivity contribution in [3.63, 3.8) is 0 Å². The van der Waals surface area contributed by atoms with Crippen LogP contribution < -0.4 is 5.73 Å². The van der Waals surface area contributed by atoms with Crippen LogP contribution in [0.15, 0.2) is 42.6 Å². The van der Waals surface area contributed by atoms with Gasteiger partial charge in [0.1, 0.15) is 29.6 Å². The summed E-state index contributed by atoms with van der Waals surface area (Å²) >= 11 is 0. The van der Waals surface area contributed by atoms with Crippen molar-refractivity contribution in [2.45, 2.75) is 51.4 Å². The summed E-state index contributed by atoms with van der Waals surface area (Å²) in [5.74, 6) is -0.731. The van der Waals surface area contributed by atoms with Crippen molar-refractivity contribution in [1.29, 1.82) is 5.26 Å². The van der Waals surface area contributed by atoms with Gasteiger partial charge in [-0.15, -0.1) is 5.10 Å². The molecule has 3 heterocycles. The van der Waals surface area contributed by atoms with Gasteiger partial charge in [0.25, 0.3) is 0 Å². The van der Waals surface area contributed by atoms with E-state index in [1.807, 2.05) is 24.3 Å². The molecular formula is C27H29FN8O2. The van der Waals surface area contributed by atoms with Crippen LogP contribution in [0.2, 0.25) is 0 Å². The van der Waals surface area contributed by atoms with E-state index in [2.05, 4.69) is 15.4 Å². The Kier molecular flexibility index (Phi) is 6.69. The molecule has 4 aromatic rings. The molecule has 3 N–H and O–H groups in total. The SMILES string of the molecule is CC(C)(O)Cn1nnc2cc(-c3cn(CC(=O)N4CCC[C@@H](N)C4)nc3-c3ccc(C#N)c(F)c3)ccc21. The third-order valence-electron chi connectivity index (χ3n) is 6.59. The number of aliphatic hydroxyl groups is 1. The van der Waals surface area contributed by atoms with Crippen molar-refractivity contribution in [2.75, 3.05) is 13.1 Å². The smallest absolute Gasteiger partial charge is 0.244 e. The van der Waals surface area contributed by atoms with Gasteiger partial charge in [-0.05, 0) is 56.5 Å². The van der Waals surface area contributed by atoms with Crippen LogP contribution in [0.1, 0.15) is 32.3 Å². The normalized spacial score (nSPS) is 16.1. The number of nitriles is 1. The molecule has 0 unspecified atom stereocenters. The Bertz CT molecular complexity index is 1540. The fourth-order valence-corrected chi connectivity index (χ4v) is 4.78. The molecule has 2 aromatic carbocycles. The lowest BCUT2D eigenvalue weighted by Crippen LogP contribution is -2.46. The number of nitrogens with two attached hydrogens (primary N) is 1. The molecular weight excluding hydrogens is 487 g/mol. The molecule has 38 heavy (non-hydrogen) atoms. The number of hydrogen-bond acceptors (Lipinski definition) is 7. The summed E-state index contributed by atoms with van der Waals surface area (Å²) in [7, 11) is 0. The lowest BCUT2D eigenvalue weighted by Gasteiger charge is -2.30. The Morgan fingerprint density at radius 3 is 2.76 bits per heavy atom. The van der Waals surface area contributed by atoms with E-state index in [-0.39, 0.29) is 30.6 Å². The highest BCUT2D eigenvalue weighted by Crippen LogP contribution is 2.33. The maximum Gasteiger partial charge on any atom is 0.244 e. The van der Waals surface area contributed by atoms with Gasteiger partial charge in [-0.3, -0.25) is 9.48 Å². The van der Waals surface area contributed by atoms with Crippen molar-refractivity contribution in [3.8, 4) is 28.5 Å². The quantitative estimate of drug-likeness (QED) is 0.402. The molecule has 1 saturated heterocycles. The number of benzene rings is 2. The third kappa shape index (κ3) is 5.27. The van der Waals surface area contributed by atoms with Gasteiger partial charge < -0.3 is 15.7 Å². The number of likely N-dealkylation sites (tertiary alicyclic amines) is 1. The number of hydrogen-bond donors (Lipinski definition) is 2. The summed E-state index contributed by atoms with van der Waals surface area (Å²) in [5.41, 5.74) is 8.80. The molecule has 0 aliphatic carbocycles. The second-order valence-corrected chi connectivity index (χ2v) is 10.4. The van der Waals surface area contributed by atoms with E-state index in [1.54, 1.807) is 40.4 Å². The third-order valence-corrected chi connectivity index (χ3v) is 6.59. The van der Waals surface area contributed by atoms with Crippen molar-refractivity contribution >= 4 is 16.9 Å². The Morgan fingerprint density at radius 1 is 1.26 bits per heavy atom. The zero-order valence-electron chi connectivity index (χ0n) is 21.3. The molecule has 5 rings (SSSR count). The molecule has 196 valence electrons. The Hall–Kier alpha value is -4.14. The molecule has 0 radical (unpaired) electrons. The van der Waals surface area contributed by atoms with E-state index in [0.717, 1.165) is 23.9 Å². The number of rotatable bonds is 6. The molecule has 0 spiro atoms. The van der Waals surface area contributed by atoms with Crippen LogP contribution in [0.4, 0.5) is 4.39 Å². The average molecular weight is 517 g/mol. The zero-order valence-corrected chi connectivity index (χ0v) is 21.3. The van der Waals surface area contributed by atoms with Gasteiger partial charge in [0.05, 0.1) is 23.2 Å². The number of fused-ring (bicyclic) bond motifs is 1. The van der Waals surface area contributed by atoms with E-state index in [4.69, 9.17) is 11.0 Å². The minimum absolute atomic E-state index is 0.0164. The molecule has 1 amide bonds. The Balaban J connectivity index is 1.54. The maximum absolute atomic E-state index is 14.5. The van der Waals surface area contributed by atoms with Gasteiger partial charge in [-0.25, -0.2) is 9.07 Å². The molecule has 0 bridgehead atoms. The van der Waals surface area contributed by atoms with E-state index >= 15 is 0 Å². The molecule has 1 atom stereocenters. The van der Waals surface area contributed by atoms with Crippen LogP contribution in [0, 0.1) is 17.1 Å². The van der Waals surface area contributed by atoms with Crippen LogP contribution in [0.3, 0.4) is 0 Å². The topological polar surface area (TPSA) is 139 Å². The second-order valence-electron chi connectivity index (χ2n) is 10.4. The summed E-state index contributed by atoms with van der Waals surface area (Å²) in [6.07, 6.45) is 3.52. The van der Waals surface area contributed by atoms with Crippen molar-refractivity contribution in [1.82, 2.24) is 29.7 Å². The Morgan fingerprint density at radius 2 is 2.05 bits per heavy atom. The lowest BCUT2D eigenvalue weighted by molar-refractivity contribution is -0.133. The minimum Gasteiger partial charge on any atom is -0.389 e. The largest absolute Gasteiger partial charge is 0.389 e. The predicted octanol–water partition coefficient (Wildman–Crippen LogP) is 2.69. The van der Waals surface area contributed by atoms with Gasteiger partial charge in [0.15, 0.2) is 0 Å². The number of amides is 1. The minimum atomic E-state index is -0.960. The first kappa shape index (κ1) is 25.5. The Labute approximate surface area is 219 Å². The lowest BCUT2D eigenvalue weighted by atomic mass is 10.0. The fraction of sp³-hybridized carbons (Fsp3) is 0.370. The molecule has 1 fully saturated rings. The summed E-state index contributed by atoms with van der Waals surface area (Å²) in [6, 6.07) is 11.7. The average Bonchev–Trinajstić information content (AvgIpc) is 3.46. The molecule has 10 nitrogen and oxygen atoms in total. The first-order valence-corrected chi connectivity index (χ1v) is 12.5. The highest BCUT2D eigenvalue weighted by atomic mass is 19.1. The molecule has 0 saturated carbocycles. The van der Waals surface area contributed by atoms with Crippen molar-refractivity contribution in [3.05, 3.63) is 54.0 Å². The number of carbonyl (C=O) groups excluding carboxylic acids is 1. The number of aromatic nitrogens is 5. The number of halogens is 1. The van der Waals surface area contributed by atoms with Crippen molar-refractivity contribution in [2.24, 2.45) is 5.73 Å². The summed E-state index contributed by atoms with van der Waals surface area (Å²) in [4.78, 5) is 14.8. The van der Waals surface area contributed by atoms with Crippen molar-refractivity contribution < 1.29 is 14.3 Å². The highest BCUT2D eigenvalue weighted by molar-refractivity contribution is 5.87. The predicted molar refractivity (Wildman–Crippen MR) is 139 cm³/mol. The summed E-state index contributed by atoms with van der Waals surface area (Å²) in [6.45, 7) is 4.86. The van der Waals surface area contributed by atoms with Crippen LogP contribution in [0.25, 0.3) is 33.4 Å². The number of nitrogens with zero attached hydrogens (tertiary/aromatic N) is 7. The second kappa shape index (κ2) is 9.96. The first-order chi connectivity index (χ1) is 18.1. The van der Waals surface area contributed by atoms with E-state index in [9.17, 15) is 14.3 Å². The van der Waals surface area contributed by atoms with Gasteiger partial charge in [0, 0.05) is 36.5 Å². The molecule has 2 aromatic heterocycles. The van der Waals surface area contributed by atoms with Crippen LogP contribution >= 0.6 is 0 Å². The maximum atomic E-state index is 14.5. The number of piperidine rings is 1. The van der Waals surface area contributed by atoms with Crippen LogP contribution in [-0.4, -0.2) is 65.4 Å². The van der Waals surface area contributed by atoms with Crippen LogP contribution in [-0.2, 0) is 17.9 Å². The molecule has 1 aliphatic rings. The summed E-state index contributed by atoms with van der Waals surface area (Å²) in [5, 5.41) is 32.4. The number of carbonyl (C=O) groups is 1. The van der Waals surface area contributed by atoms with E-state index in [1.165, 1.54) is 12.1 Å². The van der Waals surface area contributed by atoms with E-state index < -0.39 is 11.4 Å². The summed E-state index contributed by atoms with van der Waals surface area (Å²) < 4.78 is 17.7. The molecule has 11 heteroatoms.